The van der Waals surface area contributed by atoms with Gasteiger partial charge in [0.1, 0.15) is 0 Å². The maximum Gasteiger partial charge on any atom is 0.326 e. The summed E-state index contributed by atoms with van der Waals surface area (Å²) in [4.78, 5) is 30.2. The first-order chi connectivity index (χ1) is 12.4. The van der Waals surface area contributed by atoms with E-state index < -0.39 is 0 Å². The first kappa shape index (κ1) is 20.0. The summed E-state index contributed by atoms with van der Waals surface area (Å²) in [5.74, 6) is 0.0151. The minimum Gasteiger partial charge on any atom is -0.338 e. The van der Waals surface area contributed by atoms with Gasteiger partial charge in [0.05, 0.1) is 11.0 Å². The predicted molar refractivity (Wildman–Crippen MR) is 110 cm³/mol. The molecule has 1 atom stereocenters. The standard InChI is InChI=1S/C20H28N4O2.ClH/c1-20(2)12-23(10-9-17(20)21)18(25)13-7-8-16-15(11-13)22-19(26)24(16)14-5-3-4-6-14;/h7-8,11,14,17H,3-6,9-10,12,21H2,1-2H3,(H,22,26);1H. The molecule has 0 spiro atoms. The molecule has 7 heteroatoms. The average Bonchev–Trinajstić information content (AvgIpc) is 3.22. The van der Waals surface area contributed by atoms with Gasteiger partial charge in [-0.15, -0.1) is 12.4 Å². The molecule has 1 amide bonds. The van der Waals surface area contributed by atoms with Crippen LogP contribution in [0.1, 0.15) is 62.4 Å². The van der Waals surface area contributed by atoms with Crippen LogP contribution < -0.4 is 11.4 Å². The second-order valence-corrected chi connectivity index (χ2v) is 8.58. The van der Waals surface area contributed by atoms with E-state index in [9.17, 15) is 9.59 Å². The normalized spacial score (nSPS) is 22.8. The smallest absolute Gasteiger partial charge is 0.326 e. The highest BCUT2D eigenvalue weighted by Gasteiger charge is 2.35. The number of fused-ring (bicyclic) bond motifs is 1. The van der Waals surface area contributed by atoms with E-state index in [4.69, 9.17) is 5.73 Å². The molecule has 148 valence electrons. The first-order valence-electron chi connectivity index (χ1n) is 9.66. The molecule has 2 aromatic rings. The Hall–Kier alpha value is -1.79. The van der Waals surface area contributed by atoms with Gasteiger partial charge in [0, 0.05) is 30.7 Å². The number of hydrogen-bond donors (Lipinski definition) is 2. The van der Waals surface area contributed by atoms with E-state index >= 15 is 0 Å². The maximum absolute atomic E-state index is 13.0. The molecule has 2 aliphatic rings. The van der Waals surface area contributed by atoms with Crippen molar-refractivity contribution in [3.8, 4) is 0 Å². The van der Waals surface area contributed by atoms with Gasteiger partial charge in [-0.2, -0.15) is 0 Å². The Balaban J connectivity index is 0.00000210. The van der Waals surface area contributed by atoms with Crippen LogP contribution in [-0.2, 0) is 0 Å². The van der Waals surface area contributed by atoms with Crippen molar-refractivity contribution in [1.82, 2.24) is 14.5 Å². The fourth-order valence-corrected chi connectivity index (χ4v) is 4.52. The third-order valence-electron chi connectivity index (χ3n) is 6.25. The third kappa shape index (κ3) is 3.52. The van der Waals surface area contributed by atoms with E-state index in [0.717, 1.165) is 30.3 Å². The number of aromatic amines is 1. The zero-order chi connectivity index (χ0) is 18.5. The summed E-state index contributed by atoms with van der Waals surface area (Å²) >= 11 is 0. The molecule has 1 saturated heterocycles. The van der Waals surface area contributed by atoms with Gasteiger partial charge in [-0.25, -0.2) is 4.79 Å². The number of nitrogens with two attached hydrogens (primary N) is 1. The number of rotatable bonds is 2. The first-order valence-corrected chi connectivity index (χ1v) is 9.66. The molecule has 1 saturated carbocycles. The van der Waals surface area contributed by atoms with Gasteiger partial charge in [0.15, 0.2) is 0 Å². The molecule has 2 heterocycles. The lowest BCUT2D eigenvalue weighted by Crippen LogP contribution is -2.53. The summed E-state index contributed by atoms with van der Waals surface area (Å²) in [5.41, 5.74) is 8.31. The molecule has 1 aromatic carbocycles. The fraction of sp³-hybridized carbons (Fsp3) is 0.600. The SMILES string of the molecule is CC1(C)CN(C(=O)c2ccc3c(c2)[nH]c(=O)n3C2CCCC2)CCC1N.Cl. The Bertz CT molecular complexity index is 895. The number of carbonyl (C=O) groups is 1. The number of benzene rings is 1. The summed E-state index contributed by atoms with van der Waals surface area (Å²) in [6.45, 7) is 5.56. The Kier molecular flexibility index (Phi) is 5.41. The van der Waals surface area contributed by atoms with Gasteiger partial charge in [-0.1, -0.05) is 26.7 Å². The van der Waals surface area contributed by atoms with Gasteiger partial charge in [0.2, 0.25) is 0 Å². The van der Waals surface area contributed by atoms with Crippen LogP contribution in [0.15, 0.2) is 23.0 Å². The number of likely N-dealkylation sites (tertiary alicyclic amines) is 1. The molecule has 0 radical (unpaired) electrons. The summed E-state index contributed by atoms with van der Waals surface area (Å²) in [6.07, 6.45) is 5.27. The number of imidazole rings is 1. The van der Waals surface area contributed by atoms with E-state index in [2.05, 4.69) is 18.8 Å². The fourth-order valence-electron chi connectivity index (χ4n) is 4.52. The number of halogens is 1. The van der Waals surface area contributed by atoms with Gasteiger partial charge < -0.3 is 15.6 Å². The lowest BCUT2D eigenvalue weighted by atomic mass is 9.79. The molecule has 27 heavy (non-hydrogen) atoms. The van der Waals surface area contributed by atoms with Crippen LogP contribution in [0.25, 0.3) is 11.0 Å². The van der Waals surface area contributed by atoms with Crippen molar-refractivity contribution >= 4 is 29.3 Å². The van der Waals surface area contributed by atoms with E-state index in [1.807, 2.05) is 27.7 Å². The molecular weight excluding hydrogens is 364 g/mol. The third-order valence-corrected chi connectivity index (χ3v) is 6.25. The number of piperidine rings is 1. The lowest BCUT2D eigenvalue weighted by Gasteiger charge is -2.42. The van der Waals surface area contributed by atoms with Crippen molar-refractivity contribution in [2.24, 2.45) is 11.1 Å². The minimum atomic E-state index is -0.0852. The second kappa shape index (κ2) is 7.32. The van der Waals surface area contributed by atoms with E-state index in [-0.39, 0.29) is 41.5 Å². The van der Waals surface area contributed by atoms with Gasteiger partial charge >= 0.3 is 5.69 Å². The van der Waals surface area contributed by atoms with E-state index in [1.165, 1.54) is 12.8 Å². The molecule has 3 N–H and O–H groups in total. The van der Waals surface area contributed by atoms with Crippen molar-refractivity contribution < 1.29 is 4.79 Å². The van der Waals surface area contributed by atoms with Gasteiger partial charge in [0.25, 0.3) is 5.91 Å². The molecule has 1 aromatic heterocycles. The summed E-state index contributed by atoms with van der Waals surface area (Å²) in [7, 11) is 0. The van der Waals surface area contributed by atoms with Crippen LogP contribution in [0, 0.1) is 5.41 Å². The van der Waals surface area contributed by atoms with Crippen LogP contribution in [-0.4, -0.2) is 39.5 Å². The highest BCUT2D eigenvalue weighted by Crippen LogP contribution is 2.31. The Morgan fingerprint density at radius 2 is 1.93 bits per heavy atom. The largest absolute Gasteiger partial charge is 0.338 e. The molecule has 1 unspecified atom stereocenters. The number of nitrogens with one attached hydrogen (secondary N) is 1. The van der Waals surface area contributed by atoms with Gasteiger partial charge in [-0.05, 0) is 42.9 Å². The Morgan fingerprint density at radius 3 is 2.59 bits per heavy atom. The second-order valence-electron chi connectivity index (χ2n) is 8.58. The van der Waals surface area contributed by atoms with Crippen molar-refractivity contribution in [3.05, 3.63) is 34.2 Å². The highest BCUT2D eigenvalue weighted by molar-refractivity contribution is 5.97. The van der Waals surface area contributed by atoms with Crippen LogP contribution in [0.2, 0.25) is 0 Å². The van der Waals surface area contributed by atoms with Gasteiger partial charge in [-0.3, -0.25) is 9.36 Å². The molecule has 4 rings (SSSR count). The summed E-state index contributed by atoms with van der Waals surface area (Å²) in [6, 6.07) is 5.99. The number of hydrogen-bond acceptors (Lipinski definition) is 3. The monoisotopic (exact) mass is 392 g/mol. The van der Waals surface area contributed by atoms with Crippen molar-refractivity contribution in [2.75, 3.05) is 13.1 Å². The van der Waals surface area contributed by atoms with Crippen LogP contribution in [0.4, 0.5) is 0 Å². The van der Waals surface area contributed by atoms with Crippen molar-refractivity contribution in [2.45, 2.75) is 58.0 Å². The number of H-pyrrole nitrogens is 1. The predicted octanol–water partition coefficient (Wildman–Crippen LogP) is 3.07. The number of aromatic nitrogens is 2. The van der Waals surface area contributed by atoms with E-state index in [1.54, 1.807) is 0 Å². The molecule has 0 bridgehead atoms. The molecule has 1 aliphatic heterocycles. The molecule has 6 nitrogen and oxygen atoms in total. The number of carbonyl (C=O) groups excluding carboxylic acids is 1. The average molecular weight is 393 g/mol. The Morgan fingerprint density at radius 1 is 1.22 bits per heavy atom. The zero-order valence-corrected chi connectivity index (χ0v) is 16.8. The lowest BCUT2D eigenvalue weighted by molar-refractivity contribution is 0.0533. The Labute approximate surface area is 165 Å². The number of nitrogens with zero attached hydrogens (tertiary/aromatic N) is 2. The van der Waals surface area contributed by atoms with Crippen LogP contribution >= 0.6 is 12.4 Å². The quantitative estimate of drug-likeness (QED) is 0.823. The topological polar surface area (TPSA) is 84.1 Å². The molecule has 1 aliphatic carbocycles. The molecular formula is C20H29ClN4O2. The van der Waals surface area contributed by atoms with Crippen molar-refractivity contribution in [1.29, 1.82) is 0 Å². The van der Waals surface area contributed by atoms with Crippen molar-refractivity contribution in [3.63, 3.8) is 0 Å². The maximum atomic E-state index is 13.0. The van der Waals surface area contributed by atoms with Crippen LogP contribution in [0.5, 0.6) is 0 Å². The summed E-state index contributed by atoms with van der Waals surface area (Å²) < 4.78 is 1.87. The summed E-state index contributed by atoms with van der Waals surface area (Å²) in [5, 5.41) is 0. The van der Waals surface area contributed by atoms with Crippen LogP contribution in [0.3, 0.4) is 0 Å². The van der Waals surface area contributed by atoms with E-state index in [0.29, 0.717) is 18.7 Å². The highest BCUT2D eigenvalue weighted by atomic mass is 35.5. The minimum absolute atomic E-state index is 0. The number of amides is 1. The zero-order valence-electron chi connectivity index (χ0n) is 16.0. The molecule has 2 fully saturated rings.